The van der Waals surface area contributed by atoms with Gasteiger partial charge in [0.2, 0.25) is 6.61 Å². The van der Waals surface area contributed by atoms with Gasteiger partial charge >= 0.3 is 5.97 Å². The molecule has 0 fully saturated rings. The van der Waals surface area contributed by atoms with Gasteiger partial charge in [0.05, 0.1) is 16.7 Å². The Balaban J connectivity index is 2.13. The number of hydrogen-bond donors (Lipinski definition) is 1. The molecule has 2 aromatic rings. The Morgan fingerprint density at radius 2 is 2.03 bits per heavy atom. The monoisotopic (exact) mass is 452 g/mol. The first kappa shape index (κ1) is 22.2. The Hall–Kier alpha value is -2.51. The van der Waals surface area contributed by atoms with Crippen molar-refractivity contribution in [2.45, 2.75) is 39.7 Å². The van der Waals surface area contributed by atoms with Crippen LogP contribution in [0.4, 0.5) is 0 Å². The molecule has 0 radical (unpaired) electrons. The second kappa shape index (κ2) is 9.53. The van der Waals surface area contributed by atoms with E-state index in [9.17, 15) is 9.59 Å². The van der Waals surface area contributed by atoms with E-state index in [1.165, 1.54) is 0 Å². The molecular formula is C21H22Cl2N2O5. The fourth-order valence-corrected chi connectivity index (χ4v) is 3.99. The van der Waals surface area contributed by atoms with E-state index in [0.29, 0.717) is 40.9 Å². The number of carboxylic acid groups (broad SMARTS) is 1. The predicted molar refractivity (Wildman–Crippen MR) is 114 cm³/mol. The number of benzene rings is 1. The molecule has 0 bridgehead atoms. The van der Waals surface area contributed by atoms with Gasteiger partial charge in [-0.3, -0.25) is 4.79 Å². The van der Waals surface area contributed by atoms with Gasteiger partial charge in [0.15, 0.2) is 5.78 Å². The maximum absolute atomic E-state index is 12.7. The second-order valence-corrected chi connectivity index (χ2v) is 7.72. The highest BCUT2D eigenvalue weighted by molar-refractivity contribution is 6.42. The normalized spacial score (nSPS) is 13.9. The van der Waals surface area contributed by atoms with Crippen molar-refractivity contribution in [3.05, 3.63) is 56.3 Å². The molecule has 0 aliphatic heterocycles. The number of carboxylic acids is 1. The van der Waals surface area contributed by atoms with Crippen molar-refractivity contribution >= 4 is 40.9 Å². The number of carbonyl (C=O) groups excluding carboxylic acids is 1. The molecule has 160 valence electrons. The highest BCUT2D eigenvalue weighted by atomic mass is 35.5. The van der Waals surface area contributed by atoms with Gasteiger partial charge in [-0.1, -0.05) is 29.3 Å². The number of halogens is 2. The van der Waals surface area contributed by atoms with Crippen LogP contribution in [-0.2, 0) is 27.3 Å². The lowest BCUT2D eigenvalue weighted by atomic mass is 9.93. The van der Waals surface area contributed by atoms with Gasteiger partial charge in [0.25, 0.3) is 5.90 Å². The maximum Gasteiger partial charge on any atom is 0.344 e. The minimum Gasteiger partial charge on any atom is -0.479 e. The Labute approximate surface area is 184 Å². The Bertz CT molecular complexity index is 1010. The van der Waals surface area contributed by atoms with Gasteiger partial charge < -0.3 is 19.2 Å². The van der Waals surface area contributed by atoms with Crippen LogP contribution in [0.5, 0.6) is 0 Å². The van der Waals surface area contributed by atoms with Gasteiger partial charge in [0.1, 0.15) is 5.69 Å². The first-order valence-corrected chi connectivity index (χ1v) is 10.3. The van der Waals surface area contributed by atoms with Crippen molar-refractivity contribution in [3.8, 4) is 0 Å². The molecule has 0 amide bonds. The molecular weight excluding hydrogens is 431 g/mol. The largest absolute Gasteiger partial charge is 0.479 e. The third-order valence-corrected chi connectivity index (χ3v) is 5.59. The highest BCUT2D eigenvalue weighted by Gasteiger charge is 2.30. The maximum atomic E-state index is 12.7. The third kappa shape index (κ3) is 4.63. The van der Waals surface area contributed by atoms with E-state index in [2.05, 4.69) is 5.16 Å². The van der Waals surface area contributed by atoms with Crippen LogP contribution in [0, 0.1) is 6.92 Å². The number of ketones is 1. The molecule has 1 aliphatic carbocycles. The summed E-state index contributed by atoms with van der Waals surface area (Å²) in [7, 11) is 0. The van der Waals surface area contributed by atoms with Crippen LogP contribution in [0.25, 0.3) is 0 Å². The van der Waals surface area contributed by atoms with Crippen molar-refractivity contribution in [1.82, 2.24) is 4.57 Å². The van der Waals surface area contributed by atoms with Gasteiger partial charge in [-0.2, -0.15) is 0 Å². The molecule has 7 nitrogen and oxygen atoms in total. The number of Topliss-reactive ketones (excluding diaryl/α,β-unsaturated/α-hetero) is 1. The lowest BCUT2D eigenvalue weighted by Gasteiger charge is -2.17. The zero-order valence-electron chi connectivity index (χ0n) is 16.7. The summed E-state index contributed by atoms with van der Waals surface area (Å²) in [5.74, 6) is -0.935. The van der Waals surface area contributed by atoms with E-state index < -0.39 is 12.6 Å². The predicted octanol–water partition coefficient (Wildman–Crippen LogP) is 4.47. The van der Waals surface area contributed by atoms with E-state index in [1.54, 1.807) is 19.1 Å². The molecule has 0 saturated carbocycles. The molecule has 0 atom stereocenters. The Morgan fingerprint density at radius 3 is 2.70 bits per heavy atom. The average Bonchev–Trinajstić information content (AvgIpc) is 2.97. The zero-order chi connectivity index (χ0) is 21.8. The third-order valence-electron chi connectivity index (χ3n) is 4.85. The number of carbonyl (C=O) groups is 2. The summed E-state index contributed by atoms with van der Waals surface area (Å²) in [6.07, 6.45) is 1.98. The molecule has 3 rings (SSSR count). The lowest BCUT2D eigenvalue weighted by Crippen LogP contribution is -2.18. The summed E-state index contributed by atoms with van der Waals surface area (Å²) in [5, 5.41) is 13.7. The van der Waals surface area contributed by atoms with E-state index in [-0.39, 0.29) is 11.7 Å². The van der Waals surface area contributed by atoms with E-state index in [4.69, 9.17) is 37.9 Å². The van der Waals surface area contributed by atoms with Crippen LogP contribution >= 0.6 is 23.2 Å². The minimum atomic E-state index is -1.15. The topological polar surface area (TPSA) is 90.1 Å². The number of aliphatic carboxylic acids is 1. The van der Waals surface area contributed by atoms with Gasteiger partial charge in [0, 0.05) is 24.2 Å². The van der Waals surface area contributed by atoms with Crippen LogP contribution < -0.4 is 0 Å². The van der Waals surface area contributed by atoms with Crippen molar-refractivity contribution in [1.29, 1.82) is 0 Å². The quantitative estimate of drug-likeness (QED) is 0.380. The van der Waals surface area contributed by atoms with E-state index >= 15 is 0 Å². The second-order valence-electron chi connectivity index (χ2n) is 6.90. The molecule has 0 unspecified atom stereocenters. The summed E-state index contributed by atoms with van der Waals surface area (Å²) < 4.78 is 7.65. The molecule has 1 aromatic heterocycles. The number of oxime groups is 1. The first-order chi connectivity index (χ1) is 14.3. The van der Waals surface area contributed by atoms with Crippen LogP contribution in [0.1, 0.15) is 52.6 Å². The van der Waals surface area contributed by atoms with Crippen LogP contribution in [-0.4, -0.2) is 40.5 Å². The van der Waals surface area contributed by atoms with Gasteiger partial charge in [-0.15, -0.1) is 0 Å². The summed E-state index contributed by atoms with van der Waals surface area (Å²) in [5.41, 5.74) is 3.79. The summed E-state index contributed by atoms with van der Waals surface area (Å²) in [4.78, 5) is 28.4. The first-order valence-electron chi connectivity index (χ1n) is 9.57. The molecule has 1 heterocycles. The average molecular weight is 453 g/mol. The molecule has 9 heteroatoms. The molecule has 30 heavy (non-hydrogen) atoms. The summed E-state index contributed by atoms with van der Waals surface area (Å²) in [6.45, 7) is 3.75. The summed E-state index contributed by atoms with van der Waals surface area (Å²) in [6, 6.07) is 5.36. The Kier molecular flexibility index (Phi) is 7.05. The number of rotatable bonds is 7. The van der Waals surface area contributed by atoms with Gasteiger partial charge in [-0.25, -0.2) is 4.79 Å². The van der Waals surface area contributed by atoms with Crippen LogP contribution in [0.15, 0.2) is 23.4 Å². The fourth-order valence-electron chi connectivity index (χ4n) is 3.67. The van der Waals surface area contributed by atoms with E-state index in [0.717, 1.165) is 29.7 Å². The Morgan fingerprint density at radius 1 is 1.27 bits per heavy atom. The molecule has 0 spiro atoms. The molecule has 1 aliphatic rings. The van der Waals surface area contributed by atoms with E-state index in [1.807, 2.05) is 17.6 Å². The molecule has 0 saturated heterocycles. The van der Waals surface area contributed by atoms with Crippen LogP contribution in [0.2, 0.25) is 10.0 Å². The summed E-state index contributed by atoms with van der Waals surface area (Å²) >= 11 is 12.2. The van der Waals surface area contributed by atoms with Crippen molar-refractivity contribution in [2.75, 3.05) is 13.2 Å². The zero-order valence-corrected chi connectivity index (χ0v) is 18.2. The lowest BCUT2D eigenvalue weighted by molar-refractivity contribution is -0.142. The van der Waals surface area contributed by atoms with Crippen molar-refractivity contribution in [3.63, 3.8) is 0 Å². The minimum absolute atomic E-state index is 0.0743. The van der Waals surface area contributed by atoms with Crippen molar-refractivity contribution in [2.24, 2.45) is 5.16 Å². The number of hydrogen-bond acceptors (Lipinski definition) is 5. The van der Waals surface area contributed by atoms with Gasteiger partial charge in [-0.05, 0) is 55.1 Å². The highest BCUT2D eigenvalue weighted by Crippen LogP contribution is 2.32. The number of fused-ring (bicyclic) bond motifs is 1. The SMILES string of the molecule is CCOC(=NOCC(=O)O)c1c(C)c2c(n1Cc1ccc(Cl)c(Cl)c1)CCCC2=O. The number of nitrogens with zero attached hydrogens (tertiary/aromatic N) is 2. The number of aromatic nitrogens is 1. The fraction of sp³-hybridized carbons (Fsp3) is 0.381. The molecule has 1 aromatic carbocycles. The standard InChI is InChI=1S/C21H22Cl2N2O5/c1-3-29-21(24-30-11-18(27)28)20-12(2)19-16(5-4-6-17(19)26)25(20)10-13-7-8-14(22)15(23)9-13/h7-9H,3-6,10-11H2,1-2H3,(H,27,28). The number of ether oxygens (including phenoxy) is 1. The van der Waals surface area contributed by atoms with Crippen LogP contribution in [0.3, 0.4) is 0 Å². The smallest absolute Gasteiger partial charge is 0.344 e. The molecule has 1 N–H and O–H groups in total. The van der Waals surface area contributed by atoms with Crippen molar-refractivity contribution < 1.29 is 24.3 Å².